The molecule has 3 rings (SSSR count). The Morgan fingerprint density at radius 1 is 0.905 bits per heavy atom. The number of morpholine rings is 2. The van der Waals surface area contributed by atoms with Crippen molar-refractivity contribution in [3.05, 3.63) is 17.2 Å². The predicted octanol–water partition coefficient (Wildman–Crippen LogP) is 1.68. The van der Waals surface area contributed by atoms with E-state index in [0.29, 0.717) is 5.75 Å². The number of phenols is 1. The second-order valence-corrected chi connectivity index (χ2v) is 5.73. The number of anilines is 2. The van der Waals surface area contributed by atoms with Crippen molar-refractivity contribution >= 4 is 11.4 Å². The van der Waals surface area contributed by atoms with E-state index in [2.05, 4.69) is 29.7 Å². The van der Waals surface area contributed by atoms with E-state index in [1.807, 2.05) is 0 Å². The van der Waals surface area contributed by atoms with Crippen LogP contribution in [0.5, 0.6) is 5.75 Å². The Morgan fingerprint density at radius 3 is 2.00 bits per heavy atom. The molecular formula is C16H24N2O3. The third-order valence-electron chi connectivity index (χ3n) is 4.45. The molecule has 0 unspecified atom stereocenters. The fraction of sp³-hybridized carbons (Fsp3) is 0.625. The van der Waals surface area contributed by atoms with Gasteiger partial charge in [0.2, 0.25) is 0 Å². The number of phenolic OH excluding ortho intramolecular Hbond substituents is 1. The molecule has 1 aromatic rings. The maximum Gasteiger partial charge on any atom is 0.162 e. The van der Waals surface area contributed by atoms with Crippen LogP contribution in [0.2, 0.25) is 0 Å². The van der Waals surface area contributed by atoms with Crippen LogP contribution in [0.3, 0.4) is 0 Å². The van der Waals surface area contributed by atoms with E-state index in [9.17, 15) is 5.11 Å². The molecule has 2 aliphatic heterocycles. The second-order valence-electron chi connectivity index (χ2n) is 5.73. The lowest BCUT2D eigenvalue weighted by atomic mass is 10.0. The van der Waals surface area contributed by atoms with Crippen LogP contribution in [-0.4, -0.2) is 57.7 Å². The van der Waals surface area contributed by atoms with Crippen LogP contribution in [0.15, 0.2) is 6.07 Å². The van der Waals surface area contributed by atoms with E-state index in [1.165, 1.54) is 5.56 Å². The van der Waals surface area contributed by atoms with Crippen LogP contribution in [0, 0.1) is 13.8 Å². The Bertz CT molecular complexity index is 507. The standard InChI is InChI=1S/C16H24N2O3/c1-12-11-14(17-3-7-20-8-4-17)16(19)15(13(12)2)18-5-9-21-10-6-18/h11,19H,3-10H2,1-2H3. The maximum atomic E-state index is 10.8. The van der Waals surface area contributed by atoms with Crippen LogP contribution < -0.4 is 9.80 Å². The third kappa shape index (κ3) is 2.80. The maximum absolute atomic E-state index is 10.8. The molecule has 5 heteroatoms. The highest BCUT2D eigenvalue weighted by molar-refractivity contribution is 5.77. The van der Waals surface area contributed by atoms with Gasteiger partial charge < -0.3 is 24.4 Å². The Kier molecular flexibility index (Phi) is 4.22. The Morgan fingerprint density at radius 2 is 1.43 bits per heavy atom. The van der Waals surface area contributed by atoms with Crippen molar-refractivity contribution in [1.82, 2.24) is 0 Å². The van der Waals surface area contributed by atoms with E-state index in [4.69, 9.17) is 9.47 Å². The topological polar surface area (TPSA) is 45.2 Å². The van der Waals surface area contributed by atoms with E-state index in [0.717, 1.165) is 69.5 Å². The Hall–Kier alpha value is -1.46. The first kappa shape index (κ1) is 14.5. The van der Waals surface area contributed by atoms with Crippen LogP contribution in [0.1, 0.15) is 11.1 Å². The van der Waals surface area contributed by atoms with Gasteiger partial charge in [0.25, 0.3) is 0 Å². The average molecular weight is 292 g/mol. The van der Waals surface area contributed by atoms with E-state index in [-0.39, 0.29) is 0 Å². The summed E-state index contributed by atoms with van der Waals surface area (Å²) in [4.78, 5) is 4.46. The smallest absolute Gasteiger partial charge is 0.162 e. The number of aromatic hydroxyl groups is 1. The van der Waals surface area contributed by atoms with Crippen LogP contribution in [0.25, 0.3) is 0 Å². The average Bonchev–Trinajstić information content (AvgIpc) is 2.53. The third-order valence-corrected chi connectivity index (χ3v) is 4.45. The number of nitrogens with zero attached hydrogens (tertiary/aromatic N) is 2. The second kappa shape index (κ2) is 6.12. The van der Waals surface area contributed by atoms with Gasteiger partial charge in [0.05, 0.1) is 37.8 Å². The zero-order valence-corrected chi connectivity index (χ0v) is 12.9. The SMILES string of the molecule is Cc1cc(N2CCOCC2)c(O)c(N2CCOCC2)c1C. The minimum absolute atomic E-state index is 0.405. The summed E-state index contributed by atoms with van der Waals surface area (Å²) in [7, 11) is 0. The monoisotopic (exact) mass is 292 g/mol. The summed E-state index contributed by atoms with van der Waals surface area (Å²) >= 11 is 0. The van der Waals surface area contributed by atoms with Crippen molar-refractivity contribution < 1.29 is 14.6 Å². The van der Waals surface area contributed by atoms with Gasteiger partial charge in [0, 0.05) is 26.2 Å². The first-order valence-corrected chi connectivity index (χ1v) is 7.67. The molecule has 0 atom stereocenters. The molecule has 0 bridgehead atoms. The molecule has 1 N–H and O–H groups in total. The molecule has 21 heavy (non-hydrogen) atoms. The fourth-order valence-corrected chi connectivity index (χ4v) is 3.09. The molecule has 2 saturated heterocycles. The molecular weight excluding hydrogens is 268 g/mol. The van der Waals surface area contributed by atoms with Crippen molar-refractivity contribution in [1.29, 1.82) is 0 Å². The molecule has 0 saturated carbocycles. The highest BCUT2D eigenvalue weighted by atomic mass is 16.5. The van der Waals surface area contributed by atoms with Crippen molar-refractivity contribution in [3.63, 3.8) is 0 Å². The molecule has 2 heterocycles. The van der Waals surface area contributed by atoms with Crippen molar-refractivity contribution in [3.8, 4) is 5.75 Å². The summed E-state index contributed by atoms with van der Waals surface area (Å²) in [5.41, 5.74) is 4.28. The highest BCUT2D eigenvalue weighted by Crippen LogP contribution is 2.42. The van der Waals surface area contributed by atoms with Gasteiger partial charge in [-0.2, -0.15) is 0 Å². The van der Waals surface area contributed by atoms with Crippen molar-refractivity contribution in [2.45, 2.75) is 13.8 Å². The van der Waals surface area contributed by atoms with E-state index >= 15 is 0 Å². The van der Waals surface area contributed by atoms with E-state index < -0.39 is 0 Å². The molecule has 0 amide bonds. The first-order chi connectivity index (χ1) is 10.2. The molecule has 1 aromatic carbocycles. The molecule has 0 radical (unpaired) electrons. The van der Waals surface area contributed by atoms with Gasteiger partial charge in [0.1, 0.15) is 0 Å². The summed E-state index contributed by atoms with van der Waals surface area (Å²) in [6.45, 7) is 10.4. The summed E-state index contributed by atoms with van der Waals surface area (Å²) in [6.07, 6.45) is 0. The van der Waals surface area contributed by atoms with Crippen LogP contribution in [-0.2, 0) is 9.47 Å². The Balaban J connectivity index is 1.99. The largest absolute Gasteiger partial charge is 0.504 e. The molecule has 0 aliphatic carbocycles. The summed E-state index contributed by atoms with van der Waals surface area (Å²) in [6, 6.07) is 2.10. The zero-order valence-electron chi connectivity index (χ0n) is 12.9. The van der Waals surface area contributed by atoms with Gasteiger partial charge in [0.15, 0.2) is 5.75 Å². The van der Waals surface area contributed by atoms with Gasteiger partial charge in [-0.3, -0.25) is 0 Å². The number of rotatable bonds is 2. The molecule has 5 nitrogen and oxygen atoms in total. The molecule has 116 valence electrons. The number of ether oxygens (including phenoxy) is 2. The highest BCUT2D eigenvalue weighted by Gasteiger charge is 2.24. The summed E-state index contributed by atoms with van der Waals surface area (Å²) in [5, 5.41) is 10.8. The van der Waals surface area contributed by atoms with Gasteiger partial charge >= 0.3 is 0 Å². The number of hydrogen-bond acceptors (Lipinski definition) is 5. The van der Waals surface area contributed by atoms with Gasteiger partial charge in [-0.05, 0) is 31.0 Å². The van der Waals surface area contributed by atoms with Gasteiger partial charge in [-0.15, -0.1) is 0 Å². The van der Waals surface area contributed by atoms with E-state index in [1.54, 1.807) is 0 Å². The number of aryl methyl sites for hydroxylation is 1. The van der Waals surface area contributed by atoms with Crippen molar-refractivity contribution in [2.24, 2.45) is 0 Å². The normalized spacial score (nSPS) is 19.9. The molecule has 0 aromatic heterocycles. The first-order valence-electron chi connectivity index (χ1n) is 7.67. The van der Waals surface area contributed by atoms with Crippen molar-refractivity contribution in [2.75, 3.05) is 62.4 Å². The minimum atomic E-state index is 0.405. The lowest BCUT2D eigenvalue weighted by Gasteiger charge is -2.35. The summed E-state index contributed by atoms with van der Waals surface area (Å²) < 4.78 is 10.8. The molecule has 2 fully saturated rings. The number of benzene rings is 1. The Labute approximate surface area is 126 Å². The fourth-order valence-electron chi connectivity index (χ4n) is 3.09. The van der Waals surface area contributed by atoms with Gasteiger partial charge in [-0.1, -0.05) is 0 Å². The predicted molar refractivity (Wildman–Crippen MR) is 83.6 cm³/mol. The van der Waals surface area contributed by atoms with Crippen LogP contribution in [0.4, 0.5) is 11.4 Å². The van der Waals surface area contributed by atoms with Gasteiger partial charge in [-0.25, -0.2) is 0 Å². The quantitative estimate of drug-likeness (QED) is 0.898. The molecule has 0 spiro atoms. The lowest BCUT2D eigenvalue weighted by Crippen LogP contribution is -2.38. The molecule has 2 aliphatic rings. The lowest BCUT2D eigenvalue weighted by molar-refractivity contribution is 0.122. The number of hydrogen-bond donors (Lipinski definition) is 1. The minimum Gasteiger partial charge on any atom is -0.504 e. The summed E-state index contributed by atoms with van der Waals surface area (Å²) in [5.74, 6) is 0.405. The zero-order chi connectivity index (χ0) is 14.8. The van der Waals surface area contributed by atoms with Crippen LogP contribution >= 0.6 is 0 Å².